The molecule has 0 aliphatic carbocycles. The van der Waals surface area contributed by atoms with Gasteiger partial charge in [-0.2, -0.15) is 5.10 Å². The highest BCUT2D eigenvalue weighted by Crippen LogP contribution is 2.19. The van der Waals surface area contributed by atoms with Crippen LogP contribution in [-0.4, -0.2) is 23.9 Å². The number of aryl methyl sites for hydroxylation is 1. The average Bonchev–Trinajstić information content (AvgIpc) is 3.15. The number of amides is 3. The summed E-state index contributed by atoms with van der Waals surface area (Å²) in [5, 5.41) is 9.32. The molecule has 0 aliphatic rings. The second-order valence-corrected chi connectivity index (χ2v) is 6.54. The van der Waals surface area contributed by atoms with Gasteiger partial charge in [-0.3, -0.25) is 14.4 Å². The molecule has 0 saturated heterocycles. The van der Waals surface area contributed by atoms with Crippen molar-refractivity contribution in [2.75, 3.05) is 10.6 Å². The van der Waals surface area contributed by atoms with Crippen molar-refractivity contribution in [3.8, 4) is 0 Å². The molecular formula is C21H17ClN4O4. The largest absolute Gasteiger partial charge is 0.460 e. The fraction of sp³-hybridized carbons (Fsp3) is 0.0476. The number of para-hydroxylation sites is 1. The molecule has 0 aliphatic heterocycles. The molecule has 3 amide bonds. The van der Waals surface area contributed by atoms with Crippen molar-refractivity contribution in [2.45, 2.75) is 6.92 Å². The first-order valence-electron chi connectivity index (χ1n) is 8.79. The van der Waals surface area contributed by atoms with Crippen molar-refractivity contribution in [2.24, 2.45) is 5.10 Å². The highest BCUT2D eigenvalue weighted by atomic mass is 35.5. The molecule has 1 heterocycles. The lowest BCUT2D eigenvalue weighted by Gasteiger charge is -2.11. The highest BCUT2D eigenvalue weighted by Gasteiger charge is 2.17. The number of nitrogens with zero attached hydrogens (tertiary/aromatic N) is 1. The summed E-state index contributed by atoms with van der Waals surface area (Å²) in [6.45, 7) is 1.77. The van der Waals surface area contributed by atoms with Crippen molar-refractivity contribution in [3.05, 3.63) is 82.8 Å². The topological polar surface area (TPSA) is 113 Å². The number of halogens is 1. The average molecular weight is 425 g/mol. The molecule has 3 aromatic rings. The molecule has 0 bridgehead atoms. The first-order valence-corrected chi connectivity index (χ1v) is 9.17. The van der Waals surface area contributed by atoms with Gasteiger partial charge >= 0.3 is 11.8 Å². The number of hydrazone groups is 1. The molecular weight excluding hydrogens is 408 g/mol. The Bertz CT molecular complexity index is 1110. The second kappa shape index (κ2) is 9.53. The van der Waals surface area contributed by atoms with Gasteiger partial charge in [-0.15, -0.1) is 0 Å². The van der Waals surface area contributed by atoms with E-state index in [0.29, 0.717) is 22.2 Å². The quantitative estimate of drug-likeness (QED) is 0.330. The monoisotopic (exact) mass is 424 g/mol. The minimum Gasteiger partial charge on any atom is -0.460 e. The van der Waals surface area contributed by atoms with Crippen molar-refractivity contribution in [1.29, 1.82) is 0 Å². The van der Waals surface area contributed by atoms with Crippen molar-refractivity contribution < 1.29 is 18.8 Å². The second-order valence-electron chi connectivity index (χ2n) is 6.11. The van der Waals surface area contributed by atoms with Crippen molar-refractivity contribution >= 4 is 46.9 Å². The zero-order valence-corrected chi connectivity index (χ0v) is 16.6. The van der Waals surface area contributed by atoms with Crippen LogP contribution in [0.25, 0.3) is 0 Å². The fourth-order valence-electron chi connectivity index (χ4n) is 2.43. The van der Waals surface area contributed by atoms with Crippen LogP contribution in [0.15, 0.2) is 70.2 Å². The standard InChI is InChI=1S/C21H17ClN4O4/c1-13-6-11-16(30-13)12-23-26-21(29)20(28)25-18-5-3-2-4-17(18)19(27)24-15-9-7-14(22)8-10-15/h2-12H,1H3,(H,24,27)(H,25,28)(H,26,29)/b23-12-. The Balaban J connectivity index is 1.63. The normalized spacial score (nSPS) is 10.6. The maximum atomic E-state index is 12.6. The molecule has 30 heavy (non-hydrogen) atoms. The van der Waals surface area contributed by atoms with Gasteiger partial charge in [0, 0.05) is 10.7 Å². The van der Waals surface area contributed by atoms with Crippen LogP contribution in [0.4, 0.5) is 11.4 Å². The van der Waals surface area contributed by atoms with Gasteiger partial charge in [-0.25, -0.2) is 5.43 Å². The van der Waals surface area contributed by atoms with E-state index in [0.717, 1.165) is 0 Å². The minimum absolute atomic E-state index is 0.176. The van der Waals surface area contributed by atoms with Gasteiger partial charge in [0.1, 0.15) is 11.5 Å². The number of nitrogens with one attached hydrogen (secondary N) is 3. The molecule has 0 unspecified atom stereocenters. The maximum Gasteiger partial charge on any atom is 0.329 e. The Hall–Kier alpha value is -3.91. The van der Waals surface area contributed by atoms with E-state index >= 15 is 0 Å². The lowest BCUT2D eigenvalue weighted by molar-refractivity contribution is -0.136. The Labute approximate surface area is 176 Å². The summed E-state index contributed by atoms with van der Waals surface area (Å²) in [5.74, 6) is -1.32. The molecule has 8 nitrogen and oxygen atoms in total. The summed E-state index contributed by atoms with van der Waals surface area (Å²) >= 11 is 5.84. The summed E-state index contributed by atoms with van der Waals surface area (Å²) in [6.07, 6.45) is 1.27. The summed E-state index contributed by atoms with van der Waals surface area (Å²) in [6, 6.07) is 16.3. The van der Waals surface area contributed by atoms with Gasteiger partial charge in [0.15, 0.2) is 0 Å². The molecule has 9 heteroatoms. The van der Waals surface area contributed by atoms with Gasteiger partial charge in [0.25, 0.3) is 5.91 Å². The molecule has 3 N–H and O–H groups in total. The van der Waals surface area contributed by atoms with Gasteiger partial charge in [-0.1, -0.05) is 23.7 Å². The van der Waals surface area contributed by atoms with Gasteiger partial charge < -0.3 is 15.1 Å². The predicted molar refractivity (Wildman–Crippen MR) is 114 cm³/mol. The van der Waals surface area contributed by atoms with E-state index in [1.165, 1.54) is 18.3 Å². The maximum absolute atomic E-state index is 12.6. The van der Waals surface area contributed by atoms with E-state index in [2.05, 4.69) is 21.2 Å². The number of hydrogen-bond donors (Lipinski definition) is 3. The number of rotatable bonds is 5. The van der Waals surface area contributed by atoms with Gasteiger partial charge in [0.2, 0.25) is 0 Å². The van der Waals surface area contributed by atoms with E-state index < -0.39 is 17.7 Å². The van der Waals surface area contributed by atoms with E-state index in [1.807, 2.05) is 0 Å². The lowest BCUT2D eigenvalue weighted by atomic mass is 10.1. The number of furan rings is 1. The summed E-state index contributed by atoms with van der Waals surface area (Å²) in [5.41, 5.74) is 2.99. The van der Waals surface area contributed by atoms with Crippen LogP contribution in [0.2, 0.25) is 5.02 Å². The first kappa shape index (κ1) is 20.8. The van der Waals surface area contributed by atoms with Crippen molar-refractivity contribution in [3.63, 3.8) is 0 Å². The van der Waals surface area contributed by atoms with Crippen molar-refractivity contribution in [1.82, 2.24) is 5.43 Å². The third-order valence-electron chi connectivity index (χ3n) is 3.85. The van der Waals surface area contributed by atoms with Crippen LogP contribution in [-0.2, 0) is 9.59 Å². The zero-order chi connectivity index (χ0) is 21.5. The molecule has 3 rings (SSSR count). The number of carbonyl (C=O) groups is 3. The molecule has 0 fully saturated rings. The third-order valence-corrected chi connectivity index (χ3v) is 4.10. The lowest BCUT2D eigenvalue weighted by Crippen LogP contribution is -2.33. The molecule has 152 valence electrons. The summed E-state index contributed by atoms with van der Waals surface area (Å²) < 4.78 is 5.27. The molecule has 1 aromatic heterocycles. The van der Waals surface area contributed by atoms with Crippen LogP contribution in [0.5, 0.6) is 0 Å². The first-order chi connectivity index (χ1) is 14.4. The zero-order valence-electron chi connectivity index (χ0n) is 15.8. The van der Waals surface area contributed by atoms with Crippen LogP contribution in [0.1, 0.15) is 21.9 Å². The van der Waals surface area contributed by atoms with Gasteiger partial charge in [-0.05, 0) is 55.5 Å². The molecule has 0 atom stereocenters. The van der Waals surface area contributed by atoms with E-state index in [4.69, 9.17) is 16.0 Å². The summed E-state index contributed by atoms with van der Waals surface area (Å²) in [7, 11) is 0. The number of anilines is 2. The molecule has 0 saturated carbocycles. The minimum atomic E-state index is -0.998. The number of carbonyl (C=O) groups excluding carboxylic acids is 3. The third kappa shape index (κ3) is 5.55. The molecule has 0 spiro atoms. The molecule has 2 aromatic carbocycles. The van der Waals surface area contributed by atoms with E-state index in [1.54, 1.807) is 55.5 Å². The van der Waals surface area contributed by atoms with Crippen LogP contribution in [0, 0.1) is 6.92 Å². The fourth-order valence-corrected chi connectivity index (χ4v) is 2.55. The van der Waals surface area contributed by atoms with Crippen LogP contribution in [0.3, 0.4) is 0 Å². The summed E-state index contributed by atoms with van der Waals surface area (Å²) in [4.78, 5) is 36.7. The van der Waals surface area contributed by atoms with E-state index in [9.17, 15) is 14.4 Å². The van der Waals surface area contributed by atoms with E-state index in [-0.39, 0.29) is 11.3 Å². The Morgan fingerprint density at radius 3 is 2.37 bits per heavy atom. The van der Waals surface area contributed by atoms with Crippen LogP contribution < -0.4 is 16.1 Å². The highest BCUT2D eigenvalue weighted by molar-refractivity contribution is 6.40. The van der Waals surface area contributed by atoms with Gasteiger partial charge in [0.05, 0.1) is 17.5 Å². The number of hydrogen-bond acceptors (Lipinski definition) is 5. The van der Waals surface area contributed by atoms with Crippen LogP contribution >= 0.6 is 11.6 Å². The number of benzene rings is 2. The predicted octanol–water partition coefficient (Wildman–Crippen LogP) is 3.58. The Morgan fingerprint density at radius 1 is 0.933 bits per heavy atom. The smallest absolute Gasteiger partial charge is 0.329 e. The molecule has 0 radical (unpaired) electrons. The Morgan fingerprint density at radius 2 is 1.67 bits per heavy atom. The SMILES string of the molecule is Cc1ccc(/C=N\NC(=O)C(=O)Nc2ccccc2C(=O)Nc2ccc(Cl)cc2)o1. The Kier molecular flexibility index (Phi) is 6.61.